The van der Waals surface area contributed by atoms with E-state index in [4.69, 9.17) is 10.5 Å². The van der Waals surface area contributed by atoms with E-state index in [1.165, 1.54) is 11.1 Å². The van der Waals surface area contributed by atoms with Gasteiger partial charge in [0.05, 0.1) is 6.10 Å². The number of benzene rings is 2. The summed E-state index contributed by atoms with van der Waals surface area (Å²) in [6.45, 7) is 0. The summed E-state index contributed by atoms with van der Waals surface area (Å²) in [4.78, 5) is 0. The SMILES string of the molecule is COC(CCc1ccccc1N)c1ccccc1. The molecule has 0 radical (unpaired) electrons. The zero-order valence-electron chi connectivity index (χ0n) is 10.7. The number of para-hydroxylation sites is 1. The van der Waals surface area contributed by atoms with Crippen molar-refractivity contribution in [3.63, 3.8) is 0 Å². The second kappa shape index (κ2) is 6.22. The van der Waals surface area contributed by atoms with Crippen LogP contribution in [0.4, 0.5) is 5.69 Å². The van der Waals surface area contributed by atoms with Gasteiger partial charge in [0, 0.05) is 12.8 Å². The van der Waals surface area contributed by atoms with Crippen molar-refractivity contribution in [2.45, 2.75) is 18.9 Å². The zero-order valence-corrected chi connectivity index (χ0v) is 10.7. The topological polar surface area (TPSA) is 35.2 Å². The number of rotatable bonds is 5. The van der Waals surface area contributed by atoms with Crippen LogP contribution in [0.5, 0.6) is 0 Å². The summed E-state index contributed by atoms with van der Waals surface area (Å²) in [5.41, 5.74) is 9.21. The Morgan fingerprint density at radius 2 is 1.67 bits per heavy atom. The number of anilines is 1. The van der Waals surface area contributed by atoms with Crippen LogP contribution in [0.15, 0.2) is 54.6 Å². The first-order valence-corrected chi connectivity index (χ1v) is 6.22. The Morgan fingerprint density at radius 3 is 2.33 bits per heavy atom. The van der Waals surface area contributed by atoms with Gasteiger partial charge in [0.2, 0.25) is 0 Å². The van der Waals surface area contributed by atoms with Crippen molar-refractivity contribution >= 4 is 5.69 Å². The number of hydrogen-bond acceptors (Lipinski definition) is 2. The molecule has 0 amide bonds. The predicted octanol–water partition coefficient (Wildman–Crippen LogP) is 3.59. The Labute approximate surface area is 108 Å². The summed E-state index contributed by atoms with van der Waals surface area (Å²) in [7, 11) is 1.76. The highest BCUT2D eigenvalue weighted by atomic mass is 16.5. The van der Waals surface area contributed by atoms with Crippen LogP contribution in [0.3, 0.4) is 0 Å². The van der Waals surface area contributed by atoms with Crippen LogP contribution >= 0.6 is 0 Å². The quantitative estimate of drug-likeness (QED) is 0.812. The van der Waals surface area contributed by atoms with Crippen LogP contribution in [-0.4, -0.2) is 7.11 Å². The number of aryl methyl sites for hydroxylation is 1. The molecule has 0 fully saturated rings. The summed E-state index contributed by atoms with van der Waals surface area (Å²) < 4.78 is 5.56. The van der Waals surface area contributed by atoms with Crippen LogP contribution in [0.25, 0.3) is 0 Å². The molecular formula is C16H19NO. The summed E-state index contributed by atoms with van der Waals surface area (Å²) in [5.74, 6) is 0. The molecular weight excluding hydrogens is 222 g/mol. The highest BCUT2D eigenvalue weighted by molar-refractivity contribution is 5.46. The van der Waals surface area contributed by atoms with Crippen molar-refractivity contribution in [3.8, 4) is 0 Å². The number of nitrogens with two attached hydrogens (primary N) is 1. The van der Waals surface area contributed by atoms with Gasteiger partial charge in [-0.3, -0.25) is 0 Å². The molecule has 2 aromatic rings. The summed E-state index contributed by atoms with van der Waals surface area (Å²) in [6.07, 6.45) is 2.00. The molecule has 0 aliphatic carbocycles. The molecule has 0 heterocycles. The third kappa shape index (κ3) is 3.11. The highest BCUT2D eigenvalue weighted by Gasteiger charge is 2.10. The van der Waals surface area contributed by atoms with E-state index >= 15 is 0 Å². The average molecular weight is 241 g/mol. The molecule has 1 atom stereocenters. The molecule has 2 aromatic carbocycles. The average Bonchev–Trinajstić information content (AvgIpc) is 2.42. The predicted molar refractivity (Wildman–Crippen MR) is 75.4 cm³/mol. The summed E-state index contributed by atoms with van der Waals surface area (Å²) in [6, 6.07) is 18.3. The van der Waals surface area contributed by atoms with Crippen LogP contribution < -0.4 is 5.73 Å². The van der Waals surface area contributed by atoms with E-state index in [0.29, 0.717) is 0 Å². The van der Waals surface area contributed by atoms with Crippen LogP contribution in [0.1, 0.15) is 23.7 Å². The van der Waals surface area contributed by atoms with Crippen molar-refractivity contribution in [2.24, 2.45) is 0 Å². The van der Waals surface area contributed by atoms with E-state index in [9.17, 15) is 0 Å². The van der Waals surface area contributed by atoms with Crippen LogP contribution in [0.2, 0.25) is 0 Å². The zero-order chi connectivity index (χ0) is 12.8. The van der Waals surface area contributed by atoms with Gasteiger partial charge in [0.25, 0.3) is 0 Å². The van der Waals surface area contributed by atoms with Gasteiger partial charge in [0.15, 0.2) is 0 Å². The van der Waals surface area contributed by atoms with Gasteiger partial charge < -0.3 is 10.5 Å². The van der Waals surface area contributed by atoms with Gasteiger partial charge in [-0.1, -0.05) is 48.5 Å². The number of ether oxygens (including phenoxy) is 1. The lowest BCUT2D eigenvalue weighted by atomic mass is 10.0. The smallest absolute Gasteiger partial charge is 0.0824 e. The standard InChI is InChI=1S/C16H19NO/c1-18-16(14-8-3-2-4-9-14)12-11-13-7-5-6-10-15(13)17/h2-10,16H,11-12,17H2,1H3. The van der Waals surface area contributed by atoms with Crippen LogP contribution in [-0.2, 0) is 11.2 Å². The maximum absolute atomic E-state index is 5.95. The largest absolute Gasteiger partial charge is 0.399 e. The molecule has 94 valence electrons. The van der Waals surface area contributed by atoms with E-state index in [1.54, 1.807) is 7.11 Å². The first-order valence-electron chi connectivity index (χ1n) is 6.22. The molecule has 0 bridgehead atoms. The number of nitrogen functional groups attached to an aromatic ring is 1. The van der Waals surface area contributed by atoms with E-state index in [0.717, 1.165) is 18.5 Å². The molecule has 2 heteroatoms. The number of methoxy groups -OCH3 is 1. The normalized spacial score (nSPS) is 12.3. The monoisotopic (exact) mass is 241 g/mol. The Hall–Kier alpha value is -1.80. The molecule has 0 saturated carbocycles. The van der Waals surface area contributed by atoms with Gasteiger partial charge in [-0.2, -0.15) is 0 Å². The fourth-order valence-electron chi connectivity index (χ4n) is 2.14. The molecule has 2 rings (SSSR count). The first kappa shape index (κ1) is 12.7. The Kier molecular flexibility index (Phi) is 4.37. The van der Waals surface area contributed by atoms with Gasteiger partial charge in [0.1, 0.15) is 0 Å². The number of hydrogen-bond donors (Lipinski definition) is 1. The minimum atomic E-state index is 0.130. The highest BCUT2D eigenvalue weighted by Crippen LogP contribution is 2.23. The van der Waals surface area contributed by atoms with Crippen molar-refractivity contribution < 1.29 is 4.74 Å². The Balaban J connectivity index is 2.02. The maximum Gasteiger partial charge on any atom is 0.0824 e. The van der Waals surface area contributed by atoms with E-state index in [-0.39, 0.29) is 6.10 Å². The van der Waals surface area contributed by atoms with Gasteiger partial charge in [-0.25, -0.2) is 0 Å². The first-order chi connectivity index (χ1) is 8.81. The van der Waals surface area contributed by atoms with Crippen molar-refractivity contribution in [3.05, 3.63) is 65.7 Å². The van der Waals surface area contributed by atoms with Crippen molar-refractivity contribution in [1.82, 2.24) is 0 Å². The lowest BCUT2D eigenvalue weighted by molar-refractivity contribution is 0.0960. The fourth-order valence-corrected chi connectivity index (χ4v) is 2.14. The van der Waals surface area contributed by atoms with E-state index < -0.39 is 0 Å². The van der Waals surface area contributed by atoms with Gasteiger partial charge in [-0.05, 0) is 30.0 Å². The summed E-state index contributed by atoms with van der Waals surface area (Å²) >= 11 is 0. The Bertz CT molecular complexity index is 481. The lowest BCUT2D eigenvalue weighted by Crippen LogP contribution is -2.04. The maximum atomic E-state index is 5.95. The summed E-state index contributed by atoms with van der Waals surface area (Å²) in [5, 5.41) is 0. The molecule has 0 spiro atoms. The second-order valence-corrected chi connectivity index (χ2v) is 4.37. The molecule has 0 aliphatic rings. The second-order valence-electron chi connectivity index (χ2n) is 4.37. The minimum Gasteiger partial charge on any atom is -0.399 e. The molecule has 2 nitrogen and oxygen atoms in total. The molecule has 18 heavy (non-hydrogen) atoms. The molecule has 1 unspecified atom stereocenters. The van der Waals surface area contributed by atoms with Gasteiger partial charge in [-0.15, -0.1) is 0 Å². The third-order valence-corrected chi connectivity index (χ3v) is 3.19. The van der Waals surface area contributed by atoms with Gasteiger partial charge >= 0.3 is 0 Å². The van der Waals surface area contributed by atoms with E-state index in [1.807, 2.05) is 36.4 Å². The molecule has 0 saturated heterocycles. The fraction of sp³-hybridized carbons (Fsp3) is 0.250. The van der Waals surface area contributed by atoms with Crippen molar-refractivity contribution in [2.75, 3.05) is 12.8 Å². The lowest BCUT2D eigenvalue weighted by Gasteiger charge is -2.16. The molecule has 2 N–H and O–H groups in total. The minimum absolute atomic E-state index is 0.130. The molecule has 0 aliphatic heterocycles. The van der Waals surface area contributed by atoms with Crippen molar-refractivity contribution in [1.29, 1.82) is 0 Å². The third-order valence-electron chi connectivity index (χ3n) is 3.19. The van der Waals surface area contributed by atoms with Crippen LogP contribution in [0, 0.1) is 0 Å². The molecule has 0 aromatic heterocycles. The Morgan fingerprint density at radius 1 is 1.00 bits per heavy atom. The van der Waals surface area contributed by atoms with E-state index in [2.05, 4.69) is 18.2 Å².